The highest BCUT2D eigenvalue weighted by molar-refractivity contribution is 7.26. The second kappa shape index (κ2) is 8.67. The second-order valence-corrected chi connectivity index (χ2v) is 10.1. The summed E-state index contributed by atoms with van der Waals surface area (Å²) in [5.41, 5.74) is 5.95. The van der Waals surface area contributed by atoms with E-state index in [1.165, 1.54) is 47.8 Å². The molecule has 36 heavy (non-hydrogen) atoms. The van der Waals surface area contributed by atoms with E-state index in [0.717, 1.165) is 11.4 Å². The smallest absolute Gasteiger partial charge is 0.0554 e. The third-order valence-corrected chi connectivity index (χ3v) is 8.06. The van der Waals surface area contributed by atoms with Crippen LogP contribution in [0.25, 0.3) is 42.1 Å². The quantitative estimate of drug-likeness (QED) is 0.244. The number of thiophene rings is 1. The van der Waals surface area contributed by atoms with Gasteiger partial charge in [-0.25, -0.2) is 0 Å². The van der Waals surface area contributed by atoms with Gasteiger partial charge in [0.25, 0.3) is 0 Å². The number of para-hydroxylation sites is 1. The molecule has 1 aromatic heterocycles. The third kappa shape index (κ3) is 3.46. The van der Waals surface area contributed by atoms with Crippen LogP contribution in [-0.4, -0.2) is 0 Å². The largest absolute Gasteiger partial charge is 0.310 e. The van der Waals surface area contributed by atoms with Crippen molar-refractivity contribution in [1.82, 2.24) is 0 Å². The molecule has 0 N–H and O–H groups in total. The zero-order valence-electron chi connectivity index (χ0n) is 19.6. The first kappa shape index (κ1) is 20.9. The first-order chi connectivity index (χ1) is 17.9. The van der Waals surface area contributed by atoms with Crippen molar-refractivity contribution in [3.8, 4) is 11.1 Å². The van der Waals surface area contributed by atoms with Gasteiger partial charge in [0, 0.05) is 31.5 Å². The van der Waals surface area contributed by atoms with Gasteiger partial charge in [0.1, 0.15) is 0 Å². The lowest BCUT2D eigenvalue weighted by molar-refractivity contribution is 1.30. The Kier molecular flexibility index (Phi) is 5.04. The van der Waals surface area contributed by atoms with Crippen LogP contribution in [0, 0.1) is 0 Å². The molecular formula is C34H23NS. The van der Waals surface area contributed by atoms with Gasteiger partial charge in [0.15, 0.2) is 0 Å². The molecular weight excluding hydrogens is 454 g/mol. The molecule has 2 heteroatoms. The van der Waals surface area contributed by atoms with E-state index in [0.29, 0.717) is 0 Å². The highest BCUT2D eigenvalue weighted by Crippen LogP contribution is 2.46. The van der Waals surface area contributed by atoms with Crippen LogP contribution in [0.3, 0.4) is 0 Å². The van der Waals surface area contributed by atoms with E-state index >= 15 is 0 Å². The average molecular weight is 478 g/mol. The van der Waals surface area contributed by atoms with Crippen LogP contribution < -0.4 is 4.90 Å². The van der Waals surface area contributed by atoms with Crippen LogP contribution in [0.2, 0.25) is 0 Å². The summed E-state index contributed by atoms with van der Waals surface area (Å²) in [5, 5.41) is 5.22. The fraction of sp³-hybridized carbons (Fsp3) is 0. The van der Waals surface area contributed by atoms with Crippen molar-refractivity contribution in [3.63, 3.8) is 0 Å². The van der Waals surface area contributed by atoms with Gasteiger partial charge in [-0.3, -0.25) is 0 Å². The lowest BCUT2D eigenvalue weighted by Crippen LogP contribution is -2.10. The van der Waals surface area contributed by atoms with Crippen molar-refractivity contribution in [3.05, 3.63) is 140 Å². The molecule has 0 aliphatic carbocycles. The van der Waals surface area contributed by atoms with Crippen LogP contribution in [0.4, 0.5) is 17.1 Å². The lowest BCUT2D eigenvalue weighted by Gasteiger charge is -2.26. The Bertz CT molecular complexity index is 1820. The summed E-state index contributed by atoms with van der Waals surface area (Å²) in [7, 11) is 0. The molecule has 7 rings (SSSR count). The van der Waals surface area contributed by atoms with Gasteiger partial charge in [0.05, 0.1) is 5.69 Å². The summed E-state index contributed by atoms with van der Waals surface area (Å²) in [6.07, 6.45) is 0. The fourth-order valence-corrected chi connectivity index (χ4v) is 6.42. The Balaban J connectivity index is 1.46. The Morgan fingerprint density at radius 2 is 1.11 bits per heavy atom. The topological polar surface area (TPSA) is 3.24 Å². The van der Waals surface area contributed by atoms with Crippen LogP contribution in [0.5, 0.6) is 0 Å². The molecule has 0 aliphatic heterocycles. The zero-order valence-corrected chi connectivity index (χ0v) is 20.5. The van der Waals surface area contributed by atoms with Crippen LogP contribution >= 0.6 is 11.3 Å². The van der Waals surface area contributed by atoms with E-state index in [1.807, 2.05) is 11.3 Å². The van der Waals surface area contributed by atoms with Gasteiger partial charge in [-0.15, -0.1) is 11.3 Å². The SMILES string of the molecule is c1ccc(-c2ccc(N(c3ccccc3)c3cccc4sc5c6ccccc6ccc5c34)cc2)cc1. The van der Waals surface area contributed by atoms with E-state index in [4.69, 9.17) is 0 Å². The second-order valence-electron chi connectivity index (χ2n) is 9.00. The van der Waals surface area contributed by atoms with Gasteiger partial charge in [-0.2, -0.15) is 0 Å². The number of nitrogens with zero attached hydrogens (tertiary/aromatic N) is 1. The highest BCUT2D eigenvalue weighted by atomic mass is 32.1. The van der Waals surface area contributed by atoms with Gasteiger partial charge >= 0.3 is 0 Å². The number of rotatable bonds is 4. The molecule has 0 fully saturated rings. The van der Waals surface area contributed by atoms with Crippen LogP contribution in [-0.2, 0) is 0 Å². The maximum absolute atomic E-state index is 2.39. The van der Waals surface area contributed by atoms with E-state index in [1.54, 1.807) is 0 Å². The van der Waals surface area contributed by atoms with Crippen LogP contribution in [0.15, 0.2) is 140 Å². The molecule has 0 spiro atoms. The minimum Gasteiger partial charge on any atom is -0.310 e. The molecule has 170 valence electrons. The number of anilines is 3. The molecule has 0 radical (unpaired) electrons. The number of hydrogen-bond donors (Lipinski definition) is 0. The van der Waals surface area contributed by atoms with E-state index in [9.17, 15) is 0 Å². The molecule has 0 unspecified atom stereocenters. The fourth-order valence-electron chi connectivity index (χ4n) is 5.16. The summed E-state index contributed by atoms with van der Waals surface area (Å²) in [6.45, 7) is 0. The molecule has 6 aromatic carbocycles. The summed E-state index contributed by atoms with van der Waals surface area (Å²) in [6, 6.07) is 50.1. The molecule has 1 heterocycles. The molecule has 0 bridgehead atoms. The zero-order chi connectivity index (χ0) is 23.9. The molecule has 0 amide bonds. The first-order valence-corrected chi connectivity index (χ1v) is 13.0. The van der Waals surface area contributed by atoms with Crippen LogP contribution in [0.1, 0.15) is 0 Å². The van der Waals surface area contributed by atoms with E-state index in [-0.39, 0.29) is 0 Å². The van der Waals surface area contributed by atoms with Crippen molar-refractivity contribution >= 4 is 59.3 Å². The molecule has 0 aliphatic rings. The third-order valence-electron chi connectivity index (χ3n) is 6.85. The molecule has 0 saturated heterocycles. The number of fused-ring (bicyclic) bond motifs is 5. The van der Waals surface area contributed by atoms with Crippen molar-refractivity contribution in [1.29, 1.82) is 0 Å². The highest BCUT2D eigenvalue weighted by Gasteiger charge is 2.19. The maximum atomic E-state index is 2.39. The minimum atomic E-state index is 1.15. The standard InChI is InChI=1S/C34H23NS/c1-3-10-24(11-4-1)25-18-21-28(22-19-25)35(27-13-5-2-6-14-27)31-16-9-17-32-33(31)30-23-20-26-12-7-8-15-29(26)34(30)36-32/h1-23H. The van der Waals surface area contributed by atoms with Crippen molar-refractivity contribution < 1.29 is 0 Å². The molecule has 7 aromatic rings. The van der Waals surface area contributed by atoms with Crippen molar-refractivity contribution in [2.24, 2.45) is 0 Å². The average Bonchev–Trinajstić information content (AvgIpc) is 3.35. The van der Waals surface area contributed by atoms with Crippen molar-refractivity contribution in [2.45, 2.75) is 0 Å². The predicted molar refractivity (Wildman–Crippen MR) is 157 cm³/mol. The number of hydrogen-bond acceptors (Lipinski definition) is 2. The molecule has 0 saturated carbocycles. The first-order valence-electron chi connectivity index (χ1n) is 12.2. The number of benzene rings is 6. The summed E-state index contributed by atoms with van der Waals surface area (Å²) < 4.78 is 2.66. The minimum absolute atomic E-state index is 1.15. The molecule has 0 atom stereocenters. The summed E-state index contributed by atoms with van der Waals surface area (Å²) >= 11 is 1.89. The Morgan fingerprint density at radius 1 is 0.444 bits per heavy atom. The van der Waals surface area contributed by atoms with Gasteiger partial charge < -0.3 is 4.90 Å². The summed E-state index contributed by atoms with van der Waals surface area (Å²) in [5.74, 6) is 0. The Labute approximate surface area is 214 Å². The van der Waals surface area contributed by atoms with Gasteiger partial charge in [-0.1, -0.05) is 103 Å². The van der Waals surface area contributed by atoms with Crippen molar-refractivity contribution in [2.75, 3.05) is 4.90 Å². The van der Waals surface area contributed by atoms with E-state index < -0.39 is 0 Å². The Morgan fingerprint density at radius 3 is 1.92 bits per heavy atom. The normalized spacial score (nSPS) is 11.3. The molecule has 1 nitrogen and oxygen atoms in total. The van der Waals surface area contributed by atoms with E-state index in [2.05, 4.69) is 144 Å². The Hall–Kier alpha value is -4.40. The van der Waals surface area contributed by atoms with Gasteiger partial charge in [0.2, 0.25) is 0 Å². The monoisotopic (exact) mass is 477 g/mol. The van der Waals surface area contributed by atoms with Gasteiger partial charge in [-0.05, 0) is 58.3 Å². The maximum Gasteiger partial charge on any atom is 0.0554 e. The lowest BCUT2D eigenvalue weighted by atomic mass is 10.0. The predicted octanol–water partition coefficient (Wildman–Crippen LogP) is 10.3. The summed E-state index contributed by atoms with van der Waals surface area (Å²) in [4.78, 5) is 2.39.